The van der Waals surface area contributed by atoms with Crippen LogP contribution < -0.4 is 0 Å². The summed E-state index contributed by atoms with van der Waals surface area (Å²) in [4.78, 5) is 2.32. The molecule has 1 nitrogen and oxygen atoms in total. The fourth-order valence-corrected chi connectivity index (χ4v) is 4.24. The first-order valence-corrected chi connectivity index (χ1v) is 11.8. The average molecular weight is 453 g/mol. The van der Waals surface area contributed by atoms with Crippen molar-refractivity contribution in [1.29, 1.82) is 0 Å². The predicted octanol–water partition coefficient (Wildman–Crippen LogP) is 8.52. The van der Waals surface area contributed by atoms with Crippen molar-refractivity contribution < 1.29 is 0 Å². The van der Waals surface area contributed by atoms with Gasteiger partial charge in [0.1, 0.15) is 5.15 Å². The molecule has 138 valence electrons. The van der Waals surface area contributed by atoms with Crippen molar-refractivity contribution in [2.24, 2.45) is 0 Å². The Morgan fingerprint density at radius 2 is 1.30 bits per heavy atom. The number of hydrogen-bond acceptors (Lipinski definition) is 2. The van der Waals surface area contributed by atoms with Gasteiger partial charge < -0.3 is 4.57 Å². The Morgan fingerprint density at radius 3 is 1.96 bits per heavy atom. The minimum atomic E-state index is 0.694. The zero-order valence-electron chi connectivity index (χ0n) is 14.2. The second-order valence-corrected chi connectivity index (χ2v) is 8.64. The van der Waals surface area contributed by atoms with E-state index in [4.69, 9.17) is 11.6 Å². The van der Waals surface area contributed by atoms with Gasteiger partial charge in [-0.3, -0.25) is 0 Å². The van der Waals surface area contributed by atoms with Crippen LogP contribution in [0, 0.1) is 0 Å². The van der Waals surface area contributed by atoms with Crippen molar-refractivity contribution in [3.8, 4) is 0 Å². The Hall–Kier alpha value is -1.23. The number of nitrogens with zero attached hydrogens (tertiary/aromatic N) is 1. The van der Waals surface area contributed by atoms with Crippen molar-refractivity contribution in [1.82, 2.24) is 4.57 Å². The molecule has 3 aromatic carbocycles. The van der Waals surface area contributed by atoms with E-state index < -0.39 is 0 Å². The summed E-state index contributed by atoms with van der Waals surface area (Å²) in [5.74, 6) is 0. The third-order valence-electron chi connectivity index (χ3n) is 4.01. The molecule has 0 unspecified atom stereocenters. The Balaban J connectivity index is 0.000000659. The van der Waals surface area contributed by atoms with Crippen molar-refractivity contribution in [3.05, 3.63) is 95.6 Å². The molecule has 0 fully saturated rings. The number of para-hydroxylation sites is 1. The van der Waals surface area contributed by atoms with Gasteiger partial charge in [0.05, 0.1) is 20.6 Å². The van der Waals surface area contributed by atoms with Gasteiger partial charge in [-0.25, -0.2) is 0 Å². The molecule has 0 amide bonds. The zero-order valence-corrected chi connectivity index (χ0v) is 18.1. The molecule has 1 aromatic heterocycles. The average Bonchev–Trinajstić information content (AvgIpc) is 2.96. The molecule has 0 atom stereocenters. The van der Waals surface area contributed by atoms with Crippen LogP contribution in [0.2, 0.25) is 5.15 Å². The number of halogens is 3. The molecule has 0 aliphatic carbocycles. The molecular weight excluding hydrogens is 437 g/mol. The van der Waals surface area contributed by atoms with Gasteiger partial charge in [-0.05, 0) is 45.1 Å². The summed E-state index contributed by atoms with van der Waals surface area (Å²) in [6.45, 7) is 0.773. The van der Waals surface area contributed by atoms with E-state index in [9.17, 15) is 0 Å². The summed E-state index contributed by atoms with van der Waals surface area (Å²) < 4.78 is 2.19. The summed E-state index contributed by atoms with van der Waals surface area (Å²) in [5.41, 5.74) is 2.42. The maximum atomic E-state index is 6.79. The SMILES string of the molecule is ClSCl.Clc1c(Sc2ccccc2)c2ccccc2n1Cc1ccccc1. The number of benzene rings is 3. The molecule has 0 radical (unpaired) electrons. The number of aromatic nitrogens is 1. The number of rotatable bonds is 4. The summed E-state index contributed by atoms with van der Waals surface area (Å²) in [7, 11) is 10.1. The third kappa shape index (κ3) is 5.18. The summed E-state index contributed by atoms with van der Waals surface area (Å²) in [6.07, 6.45) is 0. The first-order valence-electron chi connectivity index (χ1n) is 8.17. The molecule has 4 aromatic rings. The molecule has 0 spiro atoms. The van der Waals surface area contributed by atoms with Gasteiger partial charge in [0.25, 0.3) is 0 Å². The molecule has 0 saturated carbocycles. The van der Waals surface area contributed by atoms with Gasteiger partial charge in [-0.15, -0.1) is 0 Å². The Morgan fingerprint density at radius 1 is 0.741 bits per heavy atom. The Kier molecular flexibility index (Phi) is 7.86. The largest absolute Gasteiger partial charge is 0.326 e. The van der Waals surface area contributed by atoms with Crippen molar-refractivity contribution in [3.63, 3.8) is 0 Å². The monoisotopic (exact) mass is 451 g/mol. The van der Waals surface area contributed by atoms with Crippen LogP contribution in [0.3, 0.4) is 0 Å². The number of hydrogen-bond donors (Lipinski definition) is 0. The summed E-state index contributed by atoms with van der Waals surface area (Å²) in [5, 5.41) is 2.00. The lowest BCUT2D eigenvalue weighted by Gasteiger charge is -2.07. The van der Waals surface area contributed by atoms with E-state index in [1.54, 1.807) is 11.8 Å². The van der Waals surface area contributed by atoms with E-state index >= 15 is 0 Å². The van der Waals surface area contributed by atoms with E-state index in [0.29, 0.717) is 10.2 Å². The van der Waals surface area contributed by atoms with Crippen LogP contribution in [0.5, 0.6) is 0 Å². The van der Waals surface area contributed by atoms with Crippen molar-refractivity contribution in [2.75, 3.05) is 0 Å². The van der Waals surface area contributed by atoms with Crippen LogP contribution in [-0.4, -0.2) is 4.57 Å². The van der Waals surface area contributed by atoms with Crippen LogP contribution >= 0.6 is 54.9 Å². The van der Waals surface area contributed by atoms with E-state index in [2.05, 4.69) is 98.7 Å². The molecule has 6 heteroatoms. The maximum Gasteiger partial charge on any atom is 0.124 e. The highest BCUT2D eigenvalue weighted by atomic mass is 36.0. The lowest BCUT2D eigenvalue weighted by molar-refractivity contribution is 0.831. The van der Waals surface area contributed by atoms with E-state index in [1.165, 1.54) is 21.4 Å². The minimum absolute atomic E-state index is 0.694. The molecule has 4 rings (SSSR count). The molecular formula is C21H16Cl3NS2. The van der Waals surface area contributed by atoms with E-state index in [1.807, 2.05) is 12.1 Å². The lowest BCUT2D eigenvalue weighted by Crippen LogP contribution is -1.99. The molecule has 0 saturated heterocycles. The van der Waals surface area contributed by atoms with Crippen LogP contribution in [-0.2, 0) is 6.54 Å². The van der Waals surface area contributed by atoms with Crippen LogP contribution in [0.25, 0.3) is 10.9 Å². The highest BCUT2D eigenvalue weighted by Crippen LogP contribution is 2.41. The van der Waals surface area contributed by atoms with Crippen LogP contribution in [0.4, 0.5) is 0 Å². The fraction of sp³-hybridized carbons (Fsp3) is 0.0476. The molecule has 1 heterocycles. The summed E-state index contributed by atoms with van der Waals surface area (Å²) >= 11 is 8.52. The lowest BCUT2D eigenvalue weighted by atomic mass is 10.2. The van der Waals surface area contributed by atoms with Gasteiger partial charge >= 0.3 is 0 Å². The van der Waals surface area contributed by atoms with E-state index in [0.717, 1.165) is 16.6 Å². The first-order chi connectivity index (χ1) is 13.2. The molecule has 0 aliphatic heterocycles. The maximum absolute atomic E-state index is 6.79. The minimum Gasteiger partial charge on any atom is -0.326 e. The molecule has 0 aliphatic rings. The first kappa shape index (κ1) is 20.5. The Labute approximate surface area is 181 Å². The molecule has 0 bridgehead atoms. The van der Waals surface area contributed by atoms with Crippen molar-refractivity contribution >= 4 is 65.8 Å². The van der Waals surface area contributed by atoms with E-state index in [-0.39, 0.29) is 0 Å². The van der Waals surface area contributed by atoms with Gasteiger partial charge in [-0.2, -0.15) is 0 Å². The predicted molar refractivity (Wildman–Crippen MR) is 122 cm³/mol. The van der Waals surface area contributed by atoms with Gasteiger partial charge in [0, 0.05) is 16.8 Å². The second-order valence-electron chi connectivity index (χ2n) is 5.68. The smallest absolute Gasteiger partial charge is 0.124 e. The topological polar surface area (TPSA) is 4.93 Å². The standard InChI is InChI=1S/C21H16ClNS.Cl2S/c22-21-20(24-17-11-5-2-6-12-17)18-13-7-8-14-19(18)23(21)15-16-9-3-1-4-10-16;1-3-2/h1-14H,15H2;. The zero-order chi connectivity index (χ0) is 19.1. The highest BCUT2D eigenvalue weighted by Gasteiger charge is 2.16. The Bertz CT molecular complexity index is 910. The molecule has 27 heavy (non-hydrogen) atoms. The third-order valence-corrected chi connectivity index (χ3v) is 5.64. The van der Waals surface area contributed by atoms with Crippen LogP contribution in [0.15, 0.2) is 94.7 Å². The fourth-order valence-electron chi connectivity index (χ4n) is 2.86. The highest BCUT2D eigenvalue weighted by molar-refractivity contribution is 8.38. The summed E-state index contributed by atoms with van der Waals surface area (Å²) in [6, 6.07) is 29.2. The van der Waals surface area contributed by atoms with Crippen LogP contribution in [0.1, 0.15) is 5.56 Å². The van der Waals surface area contributed by atoms with Crippen molar-refractivity contribution in [2.45, 2.75) is 16.3 Å². The normalized spacial score (nSPS) is 10.5. The van der Waals surface area contributed by atoms with Gasteiger partial charge in [0.2, 0.25) is 0 Å². The number of fused-ring (bicyclic) bond motifs is 1. The van der Waals surface area contributed by atoms with Gasteiger partial charge in [0.15, 0.2) is 0 Å². The van der Waals surface area contributed by atoms with Gasteiger partial charge in [-0.1, -0.05) is 90.1 Å². The second kappa shape index (κ2) is 10.4. The molecule has 0 N–H and O–H groups in total. The quantitative estimate of drug-likeness (QED) is 0.305.